The number of rotatable bonds is 2. The molecule has 0 spiro atoms. The molecular weight excluding hydrogens is 208 g/mol. The summed E-state index contributed by atoms with van der Waals surface area (Å²) >= 11 is 3.23. The second kappa shape index (κ2) is 4.08. The summed E-state index contributed by atoms with van der Waals surface area (Å²) in [5.41, 5.74) is 0.912. The number of pyridine rings is 1. The van der Waals surface area contributed by atoms with Gasteiger partial charge in [0, 0.05) is 11.8 Å². The van der Waals surface area contributed by atoms with Crippen molar-refractivity contribution in [2.75, 3.05) is 7.11 Å². The van der Waals surface area contributed by atoms with Crippen molar-refractivity contribution in [3.05, 3.63) is 28.5 Å². The Kier molecular flexibility index (Phi) is 3.04. The first-order valence-corrected chi connectivity index (χ1v) is 3.80. The third kappa shape index (κ3) is 2.67. The summed E-state index contributed by atoms with van der Waals surface area (Å²) in [6.45, 7) is 0. The van der Waals surface area contributed by atoms with Crippen molar-refractivity contribution >= 4 is 22.1 Å². The second-order valence-electron chi connectivity index (χ2n) is 1.83. The summed E-state index contributed by atoms with van der Waals surface area (Å²) in [7, 11) is 1.50. The molecule has 11 heavy (non-hydrogen) atoms. The number of aromatic nitrogens is 1. The van der Waals surface area contributed by atoms with Crippen LogP contribution in [0.25, 0.3) is 0 Å². The summed E-state index contributed by atoms with van der Waals surface area (Å²) in [6.07, 6.45) is 3.30. The van der Waals surface area contributed by atoms with Crippen LogP contribution in [0.15, 0.2) is 28.1 Å². The summed E-state index contributed by atoms with van der Waals surface area (Å²) in [5, 5.41) is 3.59. The quantitative estimate of drug-likeness (QED) is 0.428. The minimum absolute atomic E-state index is 0.812. The van der Waals surface area contributed by atoms with Gasteiger partial charge < -0.3 is 4.84 Å². The maximum absolute atomic E-state index is 4.51. The molecule has 1 heterocycles. The van der Waals surface area contributed by atoms with Crippen molar-refractivity contribution in [1.29, 1.82) is 0 Å². The van der Waals surface area contributed by atoms with E-state index in [2.05, 4.69) is 30.9 Å². The van der Waals surface area contributed by atoms with Crippen LogP contribution in [0.2, 0.25) is 0 Å². The van der Waals surface area contributed by atoms with Crippen LogP contribution in [-0.4, -0.2) is 18.3 Å². The monoisotopic (exact) mass is 214 g/mol. The Labute approximate surface area is 73.2 Å². The number of halogens is 1. The van der Waals surface area contributed by atoms with Gasteiger partial charge in [-0.05, 0) is 28.1 Å². The van der Waals surface area contributed by atoms with E-state index in [1.165, 1.54) is 7.11 Å². The van der Waals surface area contributed by atoms with E-state index < -0.39 is 0 Å². The Morgan fingerprint density at radius 2 is 2.45 bits per heavy atom. The van der Waals surface area contributed by atoms with Gasteiger partial charge in [-0.25, -0.2) is 4.98 Å². The minimum atomic E-state index is 0.812. The highest BCUT2D eigenvalue weighted by atomic mass is 79.9. The molecule has 0 bridgehead atoms. The molecular formula is C7H7BrN2O. The molecule has 0 N–H and O–H groups in total. The van der Waals surface area contributed by atoms with E-state index in [9.17, 15) is 0 Å². The van der Waals surface area contributed by atoms with Crippen molar-refractivity contribution < 1.29 is 4.84 Å². The highest BCUT2D eigenvalue weighted by molar-refractivity contribution is 9.10. The Hall–Kier alpha value is -0.900. The molecule has 1 aromatic heterocycles. The first-order chi connectivity index (χ1) is 5.33. The Bertz CT molecular complexity index is 245. The van der Waals surface area contributed by atoms with Gasteiger partial charge >= 0.3 is 0 Å². The Morgan fingerprint density at radius 3 is 3.00 bits per heavy atom. The van der Waals surface area contributed by atoms with Gasteiger partial charge in [-0.15, -0.1) is 0 Å². The molecule has 0 aromatic carbocycles. The zero-order valence-corrected chi connectivity index (χ0v) is 7.58. The normalized spacial score (nSPS) is 10.4. The highest BCUT2D eigenvalue weighted by Gasteiger charge is 1.88. The Balaban J connectivity index is 2.73. The molecule has 4 heteroatoms. The molecule has 0 aliphatic carbocycles. The fourth-order valence-electron chi connectivity index (χ4n) is 0.577. The lowest BCUT2D eigenvalue weighted by atomic mass is 10.3. The fraction of sp³-hybridized carbons (Fsp3) is 0.143. The average Bonchev–Trinajstić information content (AvgIpc) is 2.04. The van der Waals surface area contributed by atoms with E-state index in [0.717, 1.165) is 10.2 Å². The largest absolute Gasteiger partial charge is 0.399 e. The summed E-state index contributed by atoms with van der Waals surface area (Å²) in [6, 6.07) is 3.73. The van der Waals surface area contributed by atoms with Crippen LogP contribution in [0, 0.1) is 0 Å². The molecule has 1 aromatic rings. The lowest BCUT2D eigenvalue weighted by molar-refractivity contribution is 0.215. The van der Waals surface area contributed by atoms with E-state index in [4.69, 9.17) is 0 Å². The molecule has 0 radical (unpaired) electrons. The van der Waals surface area contributed by atoms with Crippen molar-refractivity contribution in [1.82, 2.24) is 4.98 Å². The molecule has 0 unspecified atom stereocenters. The van der Waals surface area contributed by atoms with Crippen LogP contribution >= 0.6 is 15.9 Å². The maximum atomic E-state index is 4.51. The van der Waals surface area contributed by atoms with Crippen LogP contribution in [0.3, 0.4) is 0 Å². The third-order valence-electron chi connectivity index (χ3n) is 1.06. The number of hydrogen-bond donors (Lipinski definition) is 0. The first kappa shape index (κ1) is 8.20. The summed E-state index contributed by atoms with van der Waals surface area (Å²) in [4.78, 5) is 8.51. The SMILES string of the molecule is CO/N=C\c1ccc(Br)nc1. The summed E-state index contributed by atoms with van der Waals surface area (Å²) in [5.74, 6) is 0. The first-order valence-electron chi connectivity index (χ1n) is 3.01. The molecule has 0 atom stereocenters. The van der Waals surface area contributed by atoms with Gasteiger partial charge in [0.15, 0.2) is 0 Å². The molecule has 0 amide bonds. The number of nitrogens with zero attached hydrogens (tertiary/aromatic N) is 2. The van der Waals surface area contributed by atoms with Gasteiger partial charge in [-0.1, -0.05) is 5.16 Å². The molecule has 0 aliphatic rings. The minimum Gasteiger partial charge on any atom is -0.399 e. The van der Waals surface area contributed by atoms with Crippen molar-refractivity contribution in [3.63, 3.8) is 0 Å². The van der Waals surface area contributed by atoms with Crippen LogP contribution in [0.1, 0.15) is 5.56 Å². The zero-order valence-electron chi connectivity index (χ0n) is 5.99. The van der Waals surface area contributed by atoms with Crippen molar-refractivity contribution in [2.24, 2.45) is 5.16 Å². The third-order valence-corrected chi connectivity index (χ3v) is 1.53. The number of hydrogen-bond acceptors (Lipinski definition) is 3. The maximum Gasteiger partial charge on any atom is 0.106 e. The van der Waals surface area contributed by atoms with Crippen LogP contribution in [0.5, 0.6) is 0 Å². The molecule has 58 valence electrons. The van der Waals surface area contributed by atoms with Crippen LogP contribution < -0.4 is 0 Å². The van der Waals surface area contributed by atoms with E-state index in [1.54, 1.807) is 12.4 Å². The van der Waals surface area contributed by atoms with Crippen LogP contribution in [0.4, 0.5) is 0 Å². The lowest BCUT2D eigenvalue weighted by Gasteiger charge is -1.90. The fourth-order valence-corrected chi connectivity index (χ4v) is 0.812. The van der Waals surface area contributed by atoms with E-state index >= 15 is 0 Å². The summed E-state index contributed by atoms with van der Waals surface area (Å²) < 4.78 is 0.812. The van der Waals surface area contributed by atoms with Crippen molar-refractivity contribution in [3.8, 4) is 0 Å². The molecule has 0 fully saturated rings. The lowest BCUT2D eigenvalue weighted by Crippen LogP contribution is -1.83. The second-order valence-corrected chi connectivity index (χ2v) is 2.64. The van der Waals surface area contributed by atoms with Gasteiger partial charge in [0.25, 0.3) is 0 Å². The van der Waals surface area contributed by atoms with Crippen molar-refractivity contribution in [2.45, 2.75) is 0 Å². The molecule has 1 rings (SSSR count). The van der Waals surface area contributed by atoms with Gasteiger partial charge in [0.05, 0.1) is 6.21 Å². The smallest absolute Gasteiger partial charge is 0.106 e. The van der Waals surface area contributed by atoms with Gasteiger partial charge in [0.2, 0.25) is 0 Å². The van der Waals surface area contributed by atoms with Gasteiger partial charge in [-0.2, -0.15) is 0 Å². The predicted octanol–water partition coefficient (Wildman–Crippen LogP) is 1.82. The Morgan fingerprint density at radius 1 is 1.64 bits per heavy atom. The standard InChI is InChI=1S/C7H7BrN2O/c1-11-10-5-6-2-3-7(8)9-4-6/h2-5H,1H3/b10-5-. The van der Waals surface area contributed by atoms with Gasteiger partial charge in [-0.3, -0.25) is 0 Å². The average molecular weight is 215 g/mol. The van der Waals surface area contributed by atoms with E-state index in [0.29, 0.717) is 0 Å². The molecule has 0 saturated carbocycles. The predicted molar refractivity (Wildman–Crippen MR) is 46.5 cm³/mol. The molecule has 0 aliphatic heterocycles. The molecule has 3 nitrogen and oxygen atoms in total. The topological polar surface area (TPSA) is 34.5 Å². The van der Waals surface area contributed by atoms with E-state index in [1.807, 2.05) is 12.1 Å². The van der Waals surface area contributed by atoms with Gasteiger partial charge in [0.1, 0.15) is 11.7 Å². The molecule has 0 saturated heterocycles. The van der Waals surface area contributed by atoms with Crippen LogP contribution in [-0.2, 0) is 4.84 Å². The zero-order chi connectivity index (χ0) is 8.10. The highest BCUT2D eigenvalue weighted by Crippen LogP contribution is 2.04. The number of oxime groups is 1. The van der Waals surface area contributed by atoms with E-state index in [-0.39, 0.29) is 0 Å².